The van der Waals surface area contributed by atoms with E-state index in [0.717, 1.165) is 5.56 Å². The molecule has 3 rings (SSSR count). The van der Waals surface area contributed by atoms with Gasteiger partial charge in [0, 0.05) is 17.8 Å². The fourth-order valence-corrected chi connectivity index (χ4v) is 3.09. The average Bonchev–Trinajstić information content (AvgIpc) is 2.65. The summed E-state index contributed by atoms with van der Waals surface area (Å²) in [6.07, 6.45) is 0. The summed E-state index contributed by atoms with van der Waals surface area (Å²) in [7, 11) is 1.61. The molecule has 0 aliphatic carbocycles. The van der Waals surface area contributed by atoms with Crippen molar-refractivity contribution < 1.29 is 14.3 Å². The molecule has 0 spiro atoms. The summed E-state index contributed by atoms with van der Waals surface area (Å²) in [6, 6.07) is 15.6. The number of nitrogens with zero attached hydrogens (tertiary/aromatic N) is 1. The van der Waals surface area contributed by atoms with Crippen LogP contribution in [0.15, 0.2) is 65.9 Å². The molecule has 1 heterocycles. The lowest BCUT2D eigenvalue weighted by molar-refractivity contribution is -0.141. The molecule has 0 unspecified atom stereocenters. The van der Waals surface area contributed by atoms with Crippen molar-refractivity contribution in [1.29, 1.82) is 0 Å². The number of carbonyl (C=O) groups is 2. The third-order valence-corrected chi connectivity index (χ3v) is 4.75. The van der Waals surface area contributed by atoms with Crippen molar-refractivity contribution in [3.8, 4) is 0 Å². The van der Waals surface area contributed by atoms with Gasteiger partial charge in [-0.1, -0.05) is 60.1 Å². The molecule has 0 aromatic heterocycles. The maximum atomic E-state index is 12.8. The van der Waals surface area contributed by atoms with E-state index in [2.05, 4.69) is 5.32 Å². The van der Waals surface area contributed by atoms with E-state index >= 15 is 0 Å². The minimum absolute atomic E-state index is 0.156. The Labute approximate surface area is 157 Å². The number of esters is 1. The molecule has 5 nitrogen and oxygen atoms in total. The van der Waals surface area contributed by atoms with Crippen LogP contribution in [0, 0.1) is 0 Å². The zero-order valence-electron chi connectivity index (χ0n) is 14.5. The van der Waals surface area contributed by atoms with Crippen molar-refractivity contribution in [2.45, 2.75) is 19.6 Å². The molecule has 2 amide bonds. The molecule has 2 aromatic rings. The van der Waals surface area contributed by atoms with Crippen LogP contribution in [0.1, 0.15) is 24.1 Å². The van der Waals surface area contributed by atoms with Gasteiger partial charge in [0.05, 0.1) is 11.6 Å². The Morgan fingerprint density at radius 1 is 1.15 bits per heavy atom. The number of allylic oxidation sites excluding steroid dienone is 1. The van der Waals surface area contributed by atoms with Crippen LogP contribution in [-0.4, -0.2) is 23.9 Å². The first-order valence-corrected chi connectivity index (χ1v) is 8.57. The van der Waals surface area contributed by atoms with Crippen LogP contribution in [-0.2, 0) is 16.1 Å². The number of ether oxygens (including phenoxy) is 1. The number of hydrogen-bond donors (Lipinski definition) is 1. The van der Waals surface area contributed by atoms with E-state index in [4.69, 9.17) is 16.3 Å². The van der Waals surface area contributed by atoms with Crippen LogP contribution in [0.4, 0.5) is 4.79 Å². The average molecular weight is 371 g/mol. The topological polar surface area (TPSA) is 58.6 Å². The summed E-state index contributed by atoms with van der Waals surface area (Å²) in [4.78, 5) is 26.5. The molecule has 26 heavy (non-hydrogen) atoms. The van der Waals surface area contributed by atoms with Gasteiger partial charge >= 0.3 is 12.0 Å². The van der Waals surface area contributed by atoms with Crippen molar-refractivity contribution >= 4 is 23.6 Å². The Morgan fingerprint density at radius 2 is 1.81 bits per heavy atom. The number of nitrogens with one attached hydrogen (secondary N) is 1. The molecule has 0 fully saturated rings. The molecule has 0 saturated heterocycles. The van der Waals surface area contributed by atoms with Crippen LogP contribution >= 0.6 is 11.6 Å². The molecule has 0 saturated carbocycles. The second-order valence-electron chi connectivity index (χ2n) is 6.02. The lowest BCUT2D eigenvalue weighted by atomic mass is 9.95. The van der Waals surface area contributed by atoms with Gasteiger partial charge in [-0.3, -0.25) is 0 Å². The number of hydrogen-bond acceptors (Lipinski definition) is 3. The van der Waals surface area contributed by atoms with Crippen LogP contribution < -0.4 is 5.32 Å². The Kier molecular flexibility index (Phi) is 5.28. The molecular weight excluding hydrogens is 352 g/mol. The molecule has 6 heteroatoms. The zero-order chi connectivity index (χ0) is 18.7. The first-order chi connectivity index (χ1) is 12.5. The highest BCUT2D eigenvalue weighted by atomic mass is 35.5. The van der Waals surface area contributed by atoms with Crippen LogP contribution in [0.25, 0.3) is 0 Å². The van der Waals surface area contributed by atoms with Gasteiger partial charge in [0.2, 0.25) is 0 Å². The standard InChI is InChI=1S/C20H19ClN2O3/c1-13-17(19(24)26-12-14-8-4-3-5-9-14)18(22-20(25)23(13)2)15-10-6-7-11-16(15)21/h3-11,18H,12H2,1-2H3,(H,22,25)/t18-/m0/s1. The number of rotatable bonds is 4. The normalized spacial score (nSPS) is 17.1. The van der Waals surface area contributed by atoms with Crippen molar-refractivity contribution in [3.63, 3.8) is 0 Å². The molecule has 134 valence electrons. The first kappa shape index (κ1) is 18.0. The quantitative estimate of drug-likeness (QED) is 0.826. The van der Waals surface area contributed by atoms with E-state index in [1.54, 1.807) is 32.2 Å². The number of urea groups is 1. The molecule has 1 N–H and O–H groups in total. The lowest BCUT2D eigenvalue weighted by Gasteiger charge is -2.33. The molecule has 1 aliphatic rings. The van der Waals surface area contributed by atoms with E-state index in [1.165, 1.54) is 4.90 Å². The SMILES string of the molecule is CC1=C(C(=O)OCc2ccccc2)[C@H](c2ccccc2Cl)NC(=O)N1C. The highest BCUT2D eigenvalue weighted by Crippen LogP contribution is 2.34. The second-order valence-corrected chi connectivity index (χ2v) is 6.43. The van der Waals surface area contributed by atoms with E-state index in [9.17, 15) is 9.59 Å². The summed E-state index contributed by atoms with van der Waals surface area (Å²) >= 11 is 6.29. The molecule has 1 atom stereocenters. The Morgan fingerprint density at radius 3 is 2.50 bits per heavy atom. The highest BCUT2D eigenvalue weighted by molar-refractivity contribution is 6.31. The van der Waals surface area contributed by atoms with Gasteiger partial charge in [-0.2, -0.15) is 0 Å². The summed E-state index contributed by atoms with van der Waals surface area (Å²) in [5.41, 5.74) is 2.45. The van der Waals surface area contributed by atoms with Crippen LogP contribution in [0.2, 0.25) is 5.02 Å². The molecule has 2 aromatic carbocycles. The van der Waals surface area contributed by atoms with Crippen molar-refractivity contribution in [1.82, 2.24) is 10.2 Å². The van der Waals surface area contributed by atoms with Crippen LogP contribution in [0.5, 0.6) is 0 Å². The van der Waals surface area contributed by atoms with Crippen molar-refractivity contribution in [2.24, 2.45) is 0 Å². The van der Waals surface area contributed by atoms with E-state index in [1.807, 2.05) is 36.4 Å². The summed E-state index contributed by atoms with van der Waals surface area (Å²) in [6.45, 7) is 1.88. The van der Waals surface area contributed by atoms with Gasteiger partial charge in [0.1, 0.15) is 6.61 Å². The fraction of sp³-hybridized carbons (Fsp3) is 0.200. The maximum absolute atomic E-state index is 12.8. The summed E-state index contributed by atoms with van der Waals surface area (Å²) in [5.74, 6) is -0.483. The number of benzene rings is 2. The van der Waals surface area contributed by atoms with Crippen LogP contribution in [0.3, 0.4) is 0 Å². The first-order valence-electron chi connectivity index (χ1n) is 8.19. The highest BCUT2D eigenvalue weighted by Gasteiger charge is 2.35. The Bertz CT molecular complexity index is 864. The molecule has 1 aliphatic heterocycles. The smallest absolute Gasteiger partial charge is 0.338 e. The zero-order valence-corrected chi connectivity index (χ0v) is 15.3. The van der Waals surface area contributed by atoms with Gasteiger partial charge < -0.3 is 15.0 Å². The largest absolute Gasteiger partial charge is 0.457 e. The third-order valence-electron chi connectivity index (χ3n) is 4.40. The number of amides is 2. The van der Waals surface area contributed by atoms with Gasteiger partial charge in [-0.25, -0.2) is 9.59 Å². The predicted octanol–water partition coefficient (Wildman–Crippen LogP) is 4.05. The van der Waals surface area contributed by atoms with E-state index < -0.39 is 12.0 Å². The minimum Gasteiger partial charge on any atom is -0.457 e. The summed E-state index contributed by atoms with van der Waals surface area (Å²) in [5, 5.41) is 3.30. The molecule has 0 bridgehead atoms. The van der Waals surface area contributed by atoms with Gasteiger partial charge in [-0.05, 0) is 24.1 Å². The number of halogens is 1. The van der Waals surface area contributed by atoms with Crippen molar-refractivity contribution in [3.05, 3.63) is 82.0 Å². The Hall–Kier alpha value is -2.79. The van der Waals surface area contributed by atoms with E-state index in [0.29, 0.717) is 21.9 Å². The predicted molar refractivity (Wildman–Crippen MR) is 99.4 cm³/mol. The Balaban J connectivity index is 1.92. The lowest BCUT2D eigenvalue weighted by Crippen LogP contribution is -2.46. The molecule has 0 radical (unpaired) electrons. The van der Waals surface area contributed by atoms with Gasteiger partial charge in [0.25, 0.3) is 0 Å². The van der Waals surface area contributed by atoms with Crippen molar-refractivity contribution in [2.75, 3.05) is 7.05 Å². The summed E-state index contributed by atoms with van der Waals surface area (Å²) < 4.78 is 5.50. The minimum atomic E-state index is -0.657. The fourth-order valence-electron chi connectivity index (χ4n) is 2.84. The third kappa shape index (κ3) is 3.58. The number of carbonyl (C=O) groups excluding carboxylic acids is 2. The second kappa shape index (κ2) is 7.62. The monoisotopic (exact) mass is 370 g/mol. The van der Waals surface area contributed by atoms with Gasteiger partial charge in [-0.15, -0.1) is 0 Å². The molecular formula is C20H19ClN2O3. The maximum Gasteiger partial charge on any atom is 0.338 e. The van der Waals surface area contributed by atoms with Gasteiger partial charge in [0.15, 0.2) is 0 Å². The van der Waals surface area contributed by atoms with E-state index in [-0.39, 0.29) is 12.6 Å².